The van der Waals surface area contributed by atoms with Gasteiger partial charge in [0.1, 0.15) is 5.82 Å². The monoisotopic (exact) mass is 254 g/mol. The van der Waals surface area contributed by atoms with E-state index in [0.29, 0.717) is 0 Å². The number of hydrogen-bond donors (Lipinski definition) is 0. The summed E-state index contributed by atoms with van der Waals surface area (Å²) in [4.78, 5) is 7.08. The average molecular weight is 254 g/mol. The predicted octanol–water partition coefficient (Wildman–Crippen LogP) is 3.10. The van der Waals surface area contributed by atoms with Crippen LogP contribution in [0.25, 0.3) is 16.3 Å². The molecule has 0 saturated carbocycles. The van der Waals surface area contributed by atoms with Gasteiger partial charge in [0, 0.05) is 18.5 Å². The van der Waals surface area contributed by atoms with E-state index >= 15 is 0 Å². The van der Waals surface area contributed by atoms with E-state index in [1.54, 1.807) is 0 Å². The molecular formula is C16H18N2O. The topological polar surface area (TPSA) is 25.4 Å². The van der Waals surface area contributed by atoms with Crippen LogP contribution in [0.4, 0.5) is 5.82 Å². The summed E-state index contributed by atoms with van der Waals surface area (Å²) in [5.74, 6) is 1.03. The lowest BCUT2D eigenvalue weighted by Gasteiger charge is -2.28. The Balaban J connectivity index is 2.12. The maximum atomic E-state index is 5.40. The van der Waals surface area contributed by atoms with Gasteiger partial charge in [-0.2, -0.15) is 0 Å². The summed E-state index contributed by atoms with van der Waals surface area (Å²) in [7, 11) is 0. The third-order valence-corrected chi connectivity index (χ3v) is 3.47. The molecule has 0 amide bonds. The van der Waals surface area contributed by atoms with Gasteiger partial charge in [-0.05, 0) is 23.9 Å². The first-order chi connectivity index (χ1) is 9.25. The second kappa shape index (κ2) is 5.02. The zero-order chi connectivity index (χ0) is 13.2. The van der Waals surface area contributed by atoms with Crippen LogP contribution in [-0.2, 0) is 4.74 Å². The molecule has 0 N–H and O–H groups in total. The molecule has 0 radical (unpaired) electrons. The van der Waals surface area contributed by atoms with E-state index in [1.807, 2.05) is 13.0 Å². The van der Waals surface area contributed by atoms with Crippen LogP contribution in [0.15, 0.2) is 36.9 Å². The molecule has 1 fully saturated rings. The van der Waals surface area contributed by atoms with Gasteiger partial charge >= 0.3 is 0 Å². The van der Waals surface area contributed by atoms with Crippen LogP contribution >= 0.6 is 0 Å². The van der Waals surface area contributed by atoms with Crippen LogP contribution < -0.4 is 4.90 Å². The van der Waals surface area contributed by atoms with Crippen molar-refractivity contribution in [1.29, 1.82) is 0 Å². The smallest absolute Gasteiger partial charge is 0.130 e. The Morgan fingerprint density at radius 2 is 2.00 bits per heavy atom. The highest BCUT2D eigenvalue weighted by Gasteiger charge is 2.15. The molecule has 1 saturated heterocycles. The molecule has 98 valence electrons. The normalized spacial score (nSPS) is 15.7. The Kier molecular flexibility index (Phi) is 3.22. The lowest BCUT2D eigenvalue weighted by molar-refractivity contribution is 0.122. The van der Waals surface area contributed by atoms with Crippen molar-refractivity contribution in [3.8, 4) is 0 Å². The molecule has 0 aliphatic carbocycles. The number of nitrogens with zero attached hydrogens (tertiary/aromatic N) is 2. The van der Waals surface area contributed by atoms with E-state index in [0.717, 1.165) is 43.4 Å². The fraction of sp³-hybridized carbons (Fsp3) is 0.312. The molecule has 19 heavy (non-hydrogen) atoms. The van der Waals surface area contributed by atoms with Crippen molar-refractivity contribution in [1.82, 2.24) is 4.98 Å². The van der Waals surface area contributed by atoms with Crippen molar-refractivity contribution < 1.29 is 4.74 Å². The molecule has 3 nitrogen and oxygen atoms in total. The quantitative estimate of drug-likeness (QED) is 0.823. The molecule has 0 spiro atoms. The molecule has 0 atom stereocenters. The van der Waals surface area contributed by atoms with Crippen molar-refractivity contribution in [2.24, 2.45) is 0 Å². The van der Waals surface area contributed by atoms with Gasteiger partial charge in [-0.3, -0.25) is 0 Å². The maximum Gasteiger partial charge on any atom is 0.130 e. The summed E-state index contributed by atoms with van der Waals surface area (Å²) < 4.78 is 5.40. The first-order valence-electron chi connectivity index (χ1n) is 6.64. The molecule has 2 heterocycles. The number of benzene rings is 1. The molecule has 1 aromatic heterocycles. The van der Waals surface area contributed by atoms with E-state index in [9.17, 15) is 0 Å². The summed E-state index contributed by atoms with van der Waals surface area (Å²) in [5, 5.41) is 2.39. The number of hydrogen-bond acceptors (Lipinski definition) is 3. The largest absolute Gasteiger partial charge is 0.378 e. The summed E-state index contributed by atoms with van der Waals surface area (Å²) >= 11 is 0. The van der Waals surface area contributed by atoms with Crippen LogP contribution in [-0.4, -0.2) is 31.3 Å². The molecule has 1 aromatic carbocycles. The Labute approximate surface area is 113 Å². The third kappa shape index (κ3) is 2.34. The SMILES string of the molecule is C=C(C)c1nc(N2CCOCC2)cc2ccccc12. The third-order valence-electron chi connectivity index (χ3n) is 3.47. The second-order valence-corrected chi connectivity index (χ2v) is 4.93. The number of ether oxygens (including phenoxy) is 1. The van der Waals surface area contributed by atoms with Gasteiger partial charge in [0.15, 0.2) is 0 Å². The van der Waals surface area contributed by atoms with Crippen LogP contribution in [0.5, 0.6) is 0 Å². The minimum absolute atomic E-state index is 0.775. The first kappa shape index (κ1) is 12.2. The predicted molar refractivity (Wildman–Crippen MR) is 79.5 cm³/mol. The molecule has 0 unspecified atom stereocenters. The van der Waals surface area contributed by atoms with Gasteiger partial charge in [-0.15, -0.1) is 0 Å². The lowest BCUT2D eigenvalue weighted by Crippen LogP contribution is -2.36. The summed E-state index contributed by atoms with van der Waals surface area (Å²) in [6.07, 6.45) is 0. The van der Waals surface area contributed by atoms with Gasteiger partial charge in [0.05, 0.1) is 18.9 Å². The minimum Gasteiger partial charge on any atom is -0.378 e. The van der Waals surface area contributed by atoms with E-state index in [2.05, 4.69) is 35.7 Å². The van der Waals surface area contributed by atoms with Gasteiger partial charge in [-0.1, -0.05) is 30.8 Å². The number of anilines is 1. The van der Waals surface area contributed by atoms with E-state index in [-0.39, 0.29) is 0 Å². The highest BCUT2D eigenvalue weighted by molar-refractivity contribution is 5.93. The second-order valence-electron chi connectivity index (χ2n) is 4.93. The zero-order valence-electron chi connectivity index (χ0n) is 11.2. The first-order valence-corrected chi connectivity index (χ1v) is 6.64. The van der Waals surface area contributed by atoms with Gasteiger partial charge in [0.25, 0.3) is 0 Å². The Morgan fingerprint density at radius 3 is 2.74 bits per heavy atom. The molecular weight excluding hydrogens is 236 g/mol. The van der Waals surface area contributed by atoms with Crippen molar-refractivity contribution in [2.75, 3.05) is 31.2 Å². The summed E-state index contributed by atoms with van der Waals surface area (Å²) in [6, 6.07) is 10.5. The molecule has 3 heteroatoms. The zero-order valence-corrected chi connectivity index (χ0v) is 11.2. The highest BCUT2D eigenvalue weighted by Crippen LogP contribution is 2.27. The lowest BCUT2D eigenvalue weighted by atomic mass is 10.1. The van der Waals surface area contributed by atoms with Crippen molar-refractivity contribution >= 4 is 22.2 Å². The summed E-state index contributed by atoms with van der Waals surface area (Å²) in [5.41, 5.74) is 2.01. The molecule has 2 aromatic rings. The van der Waals surface area contributed by atoms with E-state index in [4.69, 9.17) is 9.72 Å². The fourth-order valence-electron chi connectivity index (χ4n) is 2.46. The Morgan fingerprint density at radius 1 is 1.26 bits per heavy atom. The van der Waals surface area contributed by atoms with Crippen LogP contribution in [0.2, 0.25) is 0 Å². The van der Waals surface area contributed by atoms with E-state index in [1.165, 1.54) is 10.8 Å². The van der Waals surface area contributed by atoms with Crippen molar-refractivity contribution in [3.63, 3.8) is 0 Å². The minimum atomic E-state index is 0.775. The van der Waals surface area contributed by atoms with Crippen LogP contribution in [0.3, 0.4) is 0 Å². The van der Waals surface area contributed by atoms with Crippen molar-refractivity contribution in [3.05, 3.63) is 42.6 Å². The molecule has 1 aliphatic rings. The Bertz CT molecular complexity index is 615. The number of pyridine rings is 1. The number of morpholine rings is 1. The van der Waals surface area contributed by atoms with Gasteiger partial charge < -0.3 is 9.64 Å². The number of aromatic nitrogens is 1. The number of rotatable bonds is 2. The highest BCUT2D eigenvalue weighted by atomic mass is 16.5. The van der Waals surface area contributed by atoms with Crippen LogP contribution in [0, 0.1) is 0 Å². The maximum absolute atomic E-state index is 5.40. The number of allylic oxidation sites excluding steroid dienone is 1. The molecule has 0 bridgehead atoms. The van der Waals surface area contributed by atoms with E-state index < -0.39 is 0 Å². The average Bonchev–Trinajstić information content (AvgIpc) is 2.47. The summed E-state index contributed by atoms with van der Waals surface area (Å²) in [6.45, 7) is 9.42. The number of fused-ring (bicyclic) bond motifs is 1. The Hall–Kier alpha value is -1.87. The standard InChI is InChI=1S/C16H18N2O/c1-12(2)16-14-6-4-3-5-13(14)11-15(17-16)18-7-9-19-10-8-18/h3-6,11H,1,7-10H2,2H3. The van der Waals surface area contributed by atoms with Gasteiger partial charge in [0.2, 0.25) is 0 Å². The van der Waals surface area contributed by atoms with Crippen molar-refractivity contribution in [2.45, 2.75) is 6.92 Å². The van der Waals surface area contributed by atoms with Gasteiger partial charge in [-0.25, -0.2) is 4.98 Å². The molecule has 3 rings (SSSR count). The van der Waals surface area contributed by atoms with Crippen LogP contribution in [0.1, 0.15) is 12.6 Å². The fourth-order valence-corrected chi connectivity index (χ4v) is 2.46. The molecule has 1 aliphatic heterocycles.